The zero-order valence-electron chi connectivity index (χ0n) is 14.3. The van der Waals surface area contributed by atoms with Crippen molar-refractivity contribution < 1.29 is 19.5 Å². The first-order chi connectivity index (χ1) is 12.5. The number of anilines is 1. The van der Waals surface area contributed by atoms with E-state index in [4.69, 9.17) is 0 Å². The Morgan fingerprint density at radius 3 is 2.58 bits per heavy atom. The molecule has 0 saturated carbocycles. The van der Waals surface area contributed by atoms with E-state index in [-0.39, 0.29) is 24.2 Å². The highest BCUT2D eigenvalue weighted by atomic mass is 16.4. The molecule has 26 heavy (non-hydrogen) atoms. The lowest BCUT2D eigenvalue weighted by molar-refractivity contribution is -0.297. The fourth-order valence-corrected chi connectivity index (χ4v) is 3.24. The van der Waals surface area contributed by atoms with Crippen molar-refractivity contribution >= 4 is 29.5 Å². The molecule has 2 aromatic carbocycles. The van der Waals surface area contributed by atoms with Crippen LogP contribution in [0.1, 0.15) is 30.4 Å². The van der Waals surface area contributed by atoms with Crippen LogP contribution in [-0.4, -0.2) is 17.8 Å². The SMILES string of the molecule is C[C@H](c1ccccc1)[C@@H]1CC(=O)N(c2cccc(/C=C/C(=O)[O-])c2)C1=O. The molecule has 0 aliphatic carbocycles. The molecule has 5 heteroatoms. The maximum atomic E-state index is 12.9. The van der Waals surface area contributed by atoms with Gasteiger partial charge in [0.2, 0.25) is 11.8 Å². The molecule has 0 N–H and O–H groups in total. The summed E-state index contributed by atoms with van der Waals surface area (Å²) in [7, 11) is 0. The first-order valence-corrected chi connectivity index (χ1v) is 8.38. The van der Waals surface area contributed by atoms with Crippen molar-refractivity contribution in [3.63, 3.8) is 0 Å². The minimum atomic E-state index is -1.31. The molecule has 1 saturated heterocycles. The smallest absolute Gasteiger partial charge is 0.237 e. The summed E-state index contributed by atoms with van der Waals surface area (Å²) >= 11 is 0. The van der Waals surface area contributed by atoms with Crippen molar-refractivity contribution in [3.8, 4) is 0 Å². The first-order valence-electron chi connectivity index (χ1n) is 8.38. The van der Waals surface area contributed by atoms with Crippen LogP contribution in [0, 0.1) is 5.92 Å². The summed E-state index contributed by atoms with van der Waals surface area (Å²) in [5, 5.41) is 10.6. The van der Waals surface area contributed by atoms with Gasteiger partial charge in [-0.2, -0.15) is 0 Å². The number of carboxylic acids is 1. The summed E-state index contributed by atoms with van der Waals surface area (Å²) in [5.41, 5.74) is 2.04. The maximum absolute atomic E-state index is 12.9. The number of aliphatic carboxylic acids is 1. The molecule has 0 bridgehead atoms. The normalized spacial score (nSPS) is 18.5. The van der Waals surface area contributed by atoms with E-state index < -0.39 is 11.9 Å². The van der Waals surface area contributed by atoms with E-state index >= 15 is 0 Å². The fourth-order valence-electron chi connectivity index (χ4n) is 3.24. The quantitative estimate of drug-likeness (QED) is 0.613. The number of amides is 2. The molecule has 1 fully saturated rings. The number of carbonyl (C=O) groups is 3. The number of carboxylic acid groups (broad SMARTS) is 1. The van der Waals surface area contributed by atoms with Crippen LogP contribution in [0.4, 0.5) is 5.69 Å². The lowest BCUT2D eigenvalue weighted by atomic mass is 9.86. The average Bonchev–Trinajstić information content (AvgIpc) is 2.94. The third-order valence-corrected chi connectivity index (χ3v) is 4.65. The summed E-state index contributed by atoms with van der Waals surface area (Å²) in [5.74, 6) is -2.26. The van der Waals surface area contributed by atoms with Crippen molar-refractivity contribution in [2.45, 2.75) is 19.3 Å². The molecule has 0 unspecified atom stereocenters. The molecule has 2 aromatic rings. The molecule has 0 radical (unpaired) electrons. The Morgan fingerprint density at radius 2 is 1.88 bits per heavy atom. The molecule has 1 aliphatic heterocycles. The molecule has 1 heterocycles. The Balaban J connectivity index is 1.86. The molecule has 1 aliphatic rings. The highest BCUT2D eigenvalue weighted by Crippen LogP contribution is 2.36. The summed E-state index contributed by atoms with van der Waals surface area (Å²) in [6.07, 6.45) is 2.44. The summed E-state index contributed by atoms with van der Waals surface area (Å²) < 4.78 is 0. The van der Waals surface area contributed by atoms with Gasteiger partial charge in [-0.3, -0.25) is 14.5 Å². The number of benzene rings is 2. The predicted octanol–water partition coefficient (Wildman–Crippen LogP) is 2.13. The molecule has 3 rings (SSSR count). The van der Waals surface area contributed by atoms with Gasteiger partial charge < -0.3 is 9.90 Å². The molecule has 2 atom stereocenters. The topological polar surface area (TPSA) is 77.5 Å². The highest BCUT2D eigenvalue weighted by Gasteiger charge is 2.42. The van der Waals surface area contributed by atoms with E-state index in [1.165, 1.54) is 11.0 Å². The summed E-state index contributed by atoms with van der Waals surface area (Å²) in [4.78, 5) is 37.1. The first kappa shape index (κ1) is 17.6. The fraction of sp³-hybridized carbons (Fsp3) is 0.190. The minimum Gasteiger partial charge on any atom is -0.545 e. The van der Waals surface area contributed by atoms with E-state index in [1.54, 1.807) is 24.3 Å². The molecule has 2 amide bonds. The number of imide groups is 1. The van der Waals surface area contributed by atoms with Gasteiger partial charge in [-0.1, -0.05) is 55.5 Å². The summed E-state index contributed by atoms with van der Waals surface area (Å²) in [6.45, 7) is 1.95. The monoisotopic (exact) mass is 348 g/mol. The highest BCUT2D eigenvalue weighted by molar-refractivity contribution is 6.21. The van der Waals surface area contributed by atoms with Crippen molar-refractivity contribution in [2.24, 2.45) is 5.92 Å². The maximum Gasteiger partial charge on any atom is 0.237 e. The van der Waals surface area contributed by atoms with Crippen LogP contribution in [-0.2, 0) is 14.4 Å². The zero-order valence-corrected chi connectivity index (χ0v) is 14.3. The van der Waals surface area contributed by atoms with E-state index in [0.29, 0.717) is 11.3 Å². The number of carbonyl (C=O) groups excluding carboxylic acids is 3. The number of nitrogens with zero attached hydrogens (tertiary/aromatic N) is 1. The van der Waals surface area contributed by atoms with E-state index in [9.17, 15) is 19.5 Å². The van der Waals surface area contributed by atoms with Crippen LogP contribution in [0.25, 0.3) is 6.08 Å². The third kappa shape index (κ3) is 3.57. The van der Waals surface area contributed by atoms with Gasteiger partial charge in [0.05, 0.1) is 17.6 Å². The molecular weight excluding hydrogens is 330 g/mol. The van der Waals surface area contributed by atoms with Gasteiger partial charge in [0.25, 0.3) is 0 Å². The number of hydrogen-bond donors (Lipinski definition) is 0. The van der Waals surface area contributed by atoms with E-state index in [2.05, 4.69) is 0 Å². The Morgan fingerprint density at radius 1 is 1.15 bits per heavy atom. The largest absolute Gasteiger partial charge is 0.545 e. The average molecular weight is 348 g/mol. The Bertz CT molecular complexity index is 873. The van der Waals surface area contributed by atoms with E-state index in [1.807, 2.05) is 37.3 Å². The molecular formula is C21H18NO4-. The second-order valence-electron chi connectivity index (χ2n) is 6.32. The summed E-state index contributed by atoms with van der Waals surface area (Å²) in [6, 6.07) is 16.3. The van der Waals surface area contributed by atoms with Crippen molar-refractivity contribution in [1.29, 1.82) is 0 Å². The van der Waals surface area contributed by atoms with Crippen LogP contribution in [0.5, 0.6) is 0 Å². The Kier molecular flexibility index (Phi) is 4.98. The standard InChI is InChI=1S/C21H19NO4/c1-14(16-7-3-2-4-8-16)18-13-19(23)22(21(18)26)17-9-5-6-15(12-17)10-11-20(24)25/h2-12,14,18H,13H2,1H3,(H,24,25)/p-1/b11-10+/t14-,18+/m1/s1. The van der Waals surface area contributed by atoms with Gasteiger partial charge in [0, 0.05) is 6.42 Å². The molecule has 5 nitrogen and oxygen atoms in total. The Labute approximate surface area is 151 Å². The second-order valence-corrected chi connectivity index (χ2v) is 6.32. The van der Waals surface area contributed by atoms with Crippen molar-refractivity contribution in [3.05, 3.63) is 71.8 Å². The lowest BCUT2D eigenvalue weighted by Gasteiger charge is -2.19. The predicted molar refractivity (Wildman–Crippen MR) is 95.9 cm³/mol. The van der Waals surface area contributed by atoms with Crippen LogP contribution >= 0.6 is 0 Å². The molecule has 0 spiro atoms. The van der Waals surface area contributed by atoms with Crippen LogP contribution < -0.4 is 10.0 Å². The second kappa shape index (κ2) is 7.35. The van der Waals surface area contributed by atoms with Gasteiger partial charge in [0.1, 0.15) is 0 Å². The van der Waals surface area contributed by atoms with Gasteiger partial charge in [-0.05, 0) is 35.3 Å². The molecule has 0 aromatic heterocycles. The van der Waals surface area contributed by atoms with Crippen molar-refractivity contribution in [1.82, 2.24) is 0 Å². The van der Waals surface area contributed by atoms with Gasteiger partial charge in [-0.25, -0.2) is 0 Å². The minimum absolute atomic E-state index is 0.0705. The number of rotatable bonds is 5. The van der Waals surface area contributed by atoms with Gasteiger partial charge >= 0.3 is 0 Å². The number of hydrogen-bond acceptors (Lipinski definition) is 4. The van der Waals surface area contributed by atoms with Crippen molar-refractivity contribution in [2.75, 3.05) is 4.90 Å². The van der Waals surface area contributed by atoms with Gasteiger partial charge in [-0.15, -0.1) is 0 Å². The van der Waals surface area contributed by atoms with Gasteiger partial charge in [0.15, 0.2) is 0 Å². The van der Waals surface area contributed by atoms with E-state index in [0.717, 1.165) is 11.6 Å². The van der Waals surface area contributed by atoms with Crippen LogP contribution in [0.3, 0.4) is 0 Å². The van der Waals surface area contributed by atoms with Crippen LogP contribution in [0.15, 0.2) is 60.7 Å². The van der Waals surface area contributed by atoms with Crippen LogP contribution in [0.2, 0.25) is 0 Å². The third-order valence-electron chi connectivity index (χ3n) is 4.65. The Hall–Kier alpha value is -3.21. The zero-order chi connectivity index (χ0) is 18.7. The lowest BCUT2D eigenvalue weighted by Crippen LogP contribution is -2.31. The molecule has 132 valence electrons.